The van der Waals surface area contributed by atoms with Crippen LogP contribution in [0.1, 0.15) is 24.1 Å². The van der Waals surface area contributed by atoms with Crippen molar-refractivity contribution in [1.82, 2.24) is 0 Å². The summed E-state index contributed by atoms with van der Waals surface area (Å²) >= 11 is 9.34. The number of nitrogens with one attached hydrogen (secondary N) is 1. The molecule has 0 unspecified atom stereocenters. The zero-order valence-electron chi connectivity index (χ0n) is 12.6. The lowest BCUT2D eigenvalue weighted by atomic mass is 10.1. The van der Waals surface area contributed by atoms with Crippen LogP contribution in [0.15, 0.2) is 46.9 Å². The van der Waals surface area contributed by atoms with Crippen molar-refractivity contribution in [2.45, 2.75) is 19.9 Å². The molecular formula is C17H19BrClN2O+. The van der Waals surface area contributed by atoms with Crippen LogP contribution in [0.5, 0.6) is 0 Å². The molecule has 116 valence electrons. The van der Waals surface area contributed by atoms with Crippen molar-refractivity contribution in [3.63, 3.8) is 0 Å². The zero-order chi connectivity index (χ0) is 16.1. The molecule has 3 N–H and O–H groups in total. The Morgan fingerprint density at radius 2 is 1.95 bits per heavy atom. The smallest absolute Gasteiger partial charge is 0.279 e. The fraction of sp³-hybridized carbons (Fsp3) is 0.235. The summed E-state index contributed by atoms with van der Waals surface area (Å²) in [5.41, 5.74) is 3.09. The van der Waals surface area contributed by atoms with Gasteiger partial charge in [0.05, 0.1) is 5.69 Å². The largest absolute Gasteiger partial charge is 0.333 e. The van der Waals surface area contributed by atoms with E-state index in [0.29, 0.717) is 6.54 Å². The van der Waals surface area contributed by atoms with Crippen LogP contribution in [0.2, 0.25) is 5.02 Å². The average Bonchev–Trinajstić information content (AvgIpc) is 2.48. The van der Waals surface area contributed by atoms with Gasteiger partial charge >= 0.3 is 0 Å². The van der Waals surface area contributed by atoms with Gasteiger partial charge in [-0.1, -0.05) is 29.8 Å². The van der Waals surface area contributed by atoms with E-state index in [9.17, 15) is 4.79 Å². The molecule has 2 rings (SSSR count). The van der Waals surface area contributed by atoms with Crippen LogP contribution in [0.4, 0.5) is 5.69 Å². The van der Waals surface area contributed by atoms with E-state index in [1.165, 1.54) is 0 Å². The number of hydrogen-bond donors (Lipinski definition) is 2. The lowest BCUT2D eigenvalue weighted by molar-refractivity contribution is -0.682. The quantitative estimate of drug-likeness (QED) is 0.814. The lowest BCUT2D eigenvalue weighted by Gasteiger charge is -2.12. The molecule has 5 heteroatoms. The fourth-order valence-corrected chi connectivity index (χ4v) is 2.83. The number of carbonyl (C=O) groups excluding carboxylic acids is 1. The van der Waals surface area contributed by atoms with Crippen LogP contribution in [-0.4, -0.2) is 12.5 Å². The Kier molecular flexibility index (Phi) is 6.00. The Morgan fingerprint density at radius 1 is 1.27 bits per heavy atom. The van der Waals surface area contributed by atoms with Crippen molar-refractivity contribution >= 4 is 39.1 Å². The molecule has 0 aliphatic rings. The number of benzene rings is 2. The highest BCUT2D eigenvalue weighted by Crippen LogP contribution is 2.23. The van der Waals surface area contributed by atoms with E-state index >= 15 is 0 Å². The maximum atomic E-state index is 12.1. The van der Waals surface area contributed by atoms with Crippen molar-refractivity contribution in [3.8, 4) is 0 Å². The summed E-state index contributed by atoms with van der Waals surface area (Å²) in [4.78, 5) is 12.1. The van der Waals surface area contributed by atoms with Gasteiger partial charge in [-0.2, -0.15) is 0 Å². The third-order valence-corrected chi connectivity index (χ3v) is 4.36. The highest BCUT2D eigenvalue weighted by molar-refractivity contribution is 9.10. The maximum Gasteiger partial charge on any atom is 0.279 e. The van der Waals surface area contributed by atoms with Gasteiger partial charge in [0.25, 0.3) is 5.91 Å². The highest BCUT2D eigenvalue weighted by atomic mass is 79.9. The molecule has 0 bridgehead atoms. The zero-order valence-corrected chi connectivity index (χ0v) is 14.9. The van der Waals surface area contributed by atoms with Gasteiger partial charge in [-0.15, -0.1) is 0 Å². The van der Waals surface area contributed by atoms with Crippen LogP contribution in [0, 0.1) is 6.92 Å². The molecule has 0 aliphatic heterocycles. The summed E-state index contributed by atoms with van der Waals surface area (Å²) in [6.07, 6.45) is 0. The van der Waals surface area contributed by atoms with Crippen LogP contribution in [-0.2, 0) is 4.79 Å². The summed E-state index contributed by atoms with van der Waals surface area (Å²) in [5.74, 6) is -0.0228. The first kappa shape index (κ1) is 17.0. The standard InChI is InChI=1S/C17H18BrClN2O/c1-11-3-8-16(15(18)9-11)21-17(22)10-20-12(2)13-4-6-14(19)7-5-13/h3-9,12,20H,10H2,1-2H3,(H,21,22)/p+1/t12-/m0/s1. The maximum absolute atomic E-state index is 12.1. The monoisotopic (exact) mass is 381 g/mol. The normalized spacial score (nSPS) is 12.0. The first-order chi connectivity index (χ1) is 10.5. The summed E-state index contributed by atoms with van der Waals surface area (Å²) < 4.78 is 0.895. The summed E-state index contributed by atoms with van der Waals surface area (Å²) in [6.45, 7) is 4.44. The van der Waals surface area contributed by atoms with E-state index in [-0.39, 0.29) is 11.9 Å². The fourth-order valence-electron chi connectivity index (χ4n) is 2.11. The molecule has 0 aromatic heterocycles. The molecule has 0 spiro atoms. The van der Waals surface area contributed by atoms with E-state index in [1.54, 1.807) is 0 Å². The molecule has 0 saturated carbocycles. The topological polar surface area (TPSA) is 45.7 Å². The summed E-state index contributed by atoms with van der Waals surface area (Å²) in [6, 6.07) is 13.8. The molecule has 1 amide bonds. The second kappa shape index (κ2) is 7.77. The number of amides is 1. The lowest BCUT2D eigenvalue weighted by Crippen LogP contribution is -2.86. The van der Waals surface area contributed by atoms with Crippen molar-refractivity contribution in [2.75, 3.05) is 11.9 Å². The number of carbonyl (C=O) groups is 1. The van der Waals surface area contributed by atoms with E-state index in [0.717, 1.165) is 26.3 Å². The van der Waals surface area contributed by atoms with Gasteiger partial charge in [-0.05, 0) is 59.6 Å². The molecule has 0 aliphatic carbocycles. The SMILES string of the molecule is Cc1ccc(NC(=O)C[NH2+][C@@H](C)c2ccc(Cl)cc2)c(Br)c1. The minimum absolute atomic E-state index is 0.0228. The number of nitrogens with two attached hydrogens (primary N) is 1. The predicted octanol–water partition coefficient (Wildman–Crippen LogP) is 3.67. The average molecular weight is 383 g/mol. The van der Waals surface area contributed by atoms with E-state index in [1.807, 2.05) is 54.7 Å². The Balaban J connectivity index is 1.88. The van der Waals surface area contributed by atoms with E-state index in [2.05, 4.69) is 28.2 Å². The van der Waals surface area contributed by atoms with Crippen LogP contribution in [0.3, 0.4) is 0 Å². The first-order valence-corrected chi connectivity index (χ1v) is 8.27. The number of rotatable bonds is 5. The minimum atomic E-state index is -0.0228. The van der Waals surface area contributed by atoms with Crippen molar-refractivity contribution in [3.05, 3.63) is 63.1 Å². The Morgan fingerprint density at radius 3 is 2.59 bits per heavy atom. The van der Waals surface area contributed by atoms with Crippen LogP contribution >= 0.6 is 27.5 Å². The number of halogens is 2. The summed E-state index contributed by atoms with van der Waals surface area (Å²) in [5, 5.41) is 5.64. The third kappa shape index (κ3) is 4.83. The molecule has 3 nitrogen and oxygen atoms in total. The third-order valence-electron chi connectivity index (χ3n) is 3.45. The predicted molar refractivity (Wildman–Crippen MR) is 94.2 cm³/mol. The van der Waals surface area contributed by atoms with Crippen molar-refractivity contribution in [1.29, 1.82) is 0 Å². The second-order valence-corrected chi connectivity index (χ2v) is 6.60. The van der Waals surface area contributed by atoms with Gasteiger partial charge in [-0.25, -0.2) is 0 Å². The highest BCUT2D eigenvalue weighted by Gasteiger charge is 2.12. The van der Waals surface area contributed by atoms with Crippen LogP contribution < -0.4 is 10.6 Å². The van der Waals surface area contributed by atoms with Gasteiger partial charge in [0.15, 0.2) is 6.54 Å². The molecule has 0 fully saturated rings. The minimum Gasteiger partial charge on any atom is -0.333 e. The number of anilines is 1. The molecule has 2 aromatic carbocycles. The number of quaternary nitrogens is 1. The second-order valence-electron chi connectivity index (χ2n) is 5.31. The molecule has 0 saturated heterocycles. The van der Waals surface area contributed by atoms with E-state index in [4.69, 9.17) is 11.6 Å². The van der Waals surface area contributed by atoms with Gasteiger partial charge < -0.3 is 10.6 Å². The Hall–Kier alpha value is -1.36. The van der Waals surface area contributed by atoms with Gasteiger partial charge in [0.1, 0.15) is 6.04 Å². The van der Waals surface area contributed by atoms with E-state index < -0.39 is 0 Å². The molecular weight excluding hydrogens is 364 g/mol. The van der Waals surface area contributed by atoms with Crippen LogP contribution in [0.25, 0.3) is 0 Å². The Labute approximate surface area is 144 Å². The van der Waals surface area contributed by atoms with Gasteiger partial charge in [0, 0.05) is 15.1 Å². The van der Waals surface area contributed by atoms with Gasteiger partial charge in [-0.3, -0.25) is 4.79 Å². The molecule has 22 heavy (non-hydrogen) atoms. The van der Waals surface area contributed by atoms with Crippen molar-refractivity contribution in [2.24, 2.45) is 0 Å². The number of aryl methyl sites for hydroxylation is 1. The molecule has 1 atom stereocenters. The Bertz CT molecular complexity index is 658. The molecule has 2 aromatic rings. The molecule has 0 heterocycles. The van der Waals surface area contributed by atoms with Crippen molar-refractivity contribution < 1.29 is 10.1 Å². The first-order valence-electron chi connectivity index (χ1n) is 7.10. The number of hydrogen-bond acceptors (Lipinski definition) is 1. The molecule has 0 radical (unpaired) electrons. The van der Waals surface area contributed by atoms with Gasteiger partial charge in [0.2, 0.25) is 0 Å². The summed E-state index contributed by atoms with van der Waals surface area (Å²) in [7, 11) is 0.